The lowest BCUT2D eigenvalue weighted by Gasteiger charge is -2.18. The van der Waals surface area contributed by atoms with Crippen LogP contribution in [0.4, 0.5) is 0 Å². The summed E-state index contributed by atoms with van der Waals surface area (Å²) in [4.78, 5) is 0. The van der Waals surface area contributed by atoms with Gasteiger partial charge in [-0.1, -0.05) is 205 Å². The fraction of sp³-hybridized carbons (Fsp3) is 0.178. The Balaban J connectivity index is 0.813. The minimum absolute atomic E-state index is 1.11. The molecule has 93 heavy (non-hydrogen) atoms. The maximum atomic E-state index is 2.49. The molecule has 0 N–H and O–H groups in total. The number of aryl methyl sites for hydroxylation is 4. The molecule has 3 nitrogen and oxygen atoms in total. The quantitative estimate of drug-likeness (QED) is 0.0717. The van der Waals surface area contributed by atoms with Crippen LogP contribution < -0.4 is 0 Å². The smallest absolute Gasteiger partial charge is 0.0541 e. The summed E-state index contributed by atoms with van der Waals surface area (Å²) < 4.78 is 7.45. The fourth-order valence-corrected chi connectivity index (χ4v) is 15.3. The van der Waals surface area contributed by atoms with E-state index in [1.165, 1.54) is 216 Å². The standard InChI is InChI=1S/C90H79N3/c1-5-9-20-60-30-48-83-77(54-60)78-55-61(21-10-6-2)31-49-84(78)91(83)70-42-34-64(35-43-70)68-40-52-87-81(58-68)82-59-69(65-36-44-71(45-37-65)92-85-50-32-62(22-11-7-3)56-79(85)80-57-63(23-12-8-4)33-51-86(80)92)41-53-88(82)93(87)72-46-38-67(39-47-72)90-75-28-18-16-26-73(75)89(66-24-14-13-15-25-66)74-27-17-19-29-76(74)90/h13-19,24-59H,5-12,20-23H2,1-4H3. The molecule has 0 aliphatic rings. The Morgan fingerprint density at radius 3 is 0.753 bits per heavy atom. The summed E-state index contributed by atoms with van der Waals surface area (Å²) >= 11 is 0. The van der Waals surface area contributed by atoms with Crippen molar-refractivity contribution in [3.8, 4) is 61.6 Å². The zero-order valence-electron chi connectivity index (χ0n) is 54.2. The van der Waals surface area contributed by atoms with Gasteiger partial charge in [-0.3, -0.25) is 0 Å². The first-order valence-corrected chi connectivity index (χ1v) is 34.5. The Kier molecular flexibility index (Phi) is 15.4. The van der Waals surface area contributed by atoms with Crippen LogP contribution in [0, 0.1) is 0 Å². The van der Waals surface area contributed by atoms with Crippen LogP contribution >= 0.6 is 0 Å². The summed E-state index contributed by atoms with van der Waals surface area (Å²) in [6, 6.07) is 99.8. The predicted molar refractivity (Wildman–Crippen MR) is 401 cm³/mol. The van der Waals surface area contributed by atoms with Crippen molar-refractivity contribution in [3.05, 3.63) is 283 Å². The Labute approximate surface area is 546 Å². The topological polar surface area (TPSA) is 14.8 Å². The fourth-order valence-electron chi connectivity index (χ4n) is 15.3. The molecule has 0 saturated heterocycles. The number of rotatable bonds is 19. The van der Waals surface area contributed by atoms with Gasteiger partial charge in [0.15, 0.2) is 0 Å². The number of unbranched alkanes of at least 4 members (excludes halogenated alkanes) is 4. The van der Waals surface area contributed by atoms with E-state index >= 15 is 0 Å². The zero-order valence-corrected chi connectivity index (χ0v) is 54.2. The molecular formula is C90H79N3. The van der Waals surface area contributed by atoms with Gasteiger partial charge in [-0.25, -0.2) is 0 Å². The molecule has 0 spiro atoms. The van der Waals surface area contributed by atoms with Gasteiger partial charge in [0.2, 0.25) is 0 Å². The molecule has 454 valence electrons. The molecule has 0 atom stereocenters. The molecule has 0 radical (unpaired) electrons. The lowest BCUT2D eigenvalue weighted by molar-refractivity contribution is 0.795. The van der Waals surface area contributed by atoms with E-state index in [-0.39, 0.29) is 0 Å². The zero-order chi connectivity index (χ0) is 62.5. The second-order valence-electron chi connectivity index (χ2n) is 26.1. The van der Waals surface area contributed by atoms with Gasteiger partial charge >= 0.3 is 0 Å². The van der Waals surface area contributed by atoms with E-state index in [0.717, 1.165) is 31.4 Å². The average molecular weight is 1200 g/mol. The van der Waals surface area contributed by atoms with E-state index in [9.17, 15) is 0 Å². The molecule has 16 rings (SSSR count). The number of hydrogen-bond acceptors (Lipinski definition) is 0. The highest BCUT2D eigenvalue weighted by Gasteiger charge is 2.21. The van der Waals surface area contributed by atoms with E-state index in [2.05, 4.69) is 302 Å². The summed E-state index contributed by atoms with van der Waals surface area (Å²) in [7, 11) is 0. The van der Waals surface area contributed by atoms with Crippen LogP contribution in [0.1, 0.15) is 101 Å². The van der Waals surface area contributed by atoms with Crippen molar-refractivity contribution in [3.63, 3.8) is 0 Å². The van der Waals surface area contributed by atoms with Gasteiger partial charge in [0, 0.05) is 49.4 Å². The average Bonchev–Trinajstić information content (AvgIpc) is 1.73. The van der Waals surface area contributed by atoms with Gasteiger partial charge in [-0.05, 0) is 249 Å². The summed E-state index contributed by atoms with van der Waals surface area (Å²) in [5.74, 6) is 0. The van der Waals surface area contributed by atoms with Crippen molar-refractivity contribution >= 4 is 87.0 Å². The van der Waals surface area contributed by atoms with E-state index in [1.807, 2.05) is 0 Å². The molecule has 0 amide bonds. The third-order valence-corrected chi connectivity index (χ3v) is 20.2. The van der Waals surface area contributed by atoms with Gasteiger partial charge in [-0.2, -0.15) is 0 Å². The number of hydrogen-bond donors (Lipinski definition) is 0. The highest BCUT2D eigenvalue weighted by molar-refractivity contribution is 6.22. The molecule has 0 fully saturated rings. The molecule has 3 heteroatoms. The molecule has 0 aliphatic heterocycles. The first kappa shape index (κ1) is 57.9. The van der Waals surface area contributed by atoms with Crippen molar-refractivity contribution in [2.75, 3.05) is 0 Å². The third-order valence-electron chi connectivity index (χ3n) is 20.2. The lowest BCUT2D eigenvalue weighted by Crippen LogP contribution is -1.95. The Morgan fingerprint density at radius 2 is 0.452 bits per heavy atom. The first-order chi connectivity index (χ1) is 45.9. The maximum Gasteiger partial charge on any atom is 0.0541 e. The molecule has 0 saturated carbocycles. The molecule has 0 unspecified atom stereocenters. The number of nitrogens with zero attached hydrogens (tertiary/aromatic N) is 3. The van der Waals surface area contributed by atoms with Gasteiger partial charge < -0.3 is 13.7 Å². The molecule has 3 aromatic heterocycles. The van der Waals surface area contributed by atoms with Crippen molar-refractivity contribution in [2.45, 2.75) is 105 Å². The van der Waals surface area contributed by atoms with Crippen LogP contribution in [0.25, 0.3) is 149 Å². The Morgan fingerprint density at radius 1 is 0.204 bits per heavy atom. The van der Waals surface area contributed by atoms with E-state index < -0.39 is 0 Å². The van der Waals surface area contributed by atoms with E-state index in [4.69, 9.17) is 0 Å². The van der Waals surface area contributed by atoms with Gasteiger partial charge in [0.25, 0.3) is 0 Å². The molecule has 3 heterocycles. The monoisotopic (exact) mass is 1200 g/mol. The van der Waals surface area contributed by atoms with Crippen molar-refractivity contribution < 1.29 is 0 Å². The minimum atomic E-state index is 1.11. The maximum absolute atomic E-state index is 2.49. The molecule has 16 aromatic rings. The van der Waals surface area contributed by atoms with Crippen molar-refractivity contribution in [2.24, 2.45) is 0 Å². The van der Waals surface area contributed by atoms with Gasteiger partial charge in [0.05, 0.1) is 33.1 Å². The minimum Gasteiger partial charge on any atom is -0.309 e. The van der Waals surface area contributed by atoms with Crippen LogP contribution in [0.5, 0.6) is 0 Å². The Bertz CT molecular complexity index is 5030. The number of aromatic nitrogens is 3. The molecule has 0 bridgehead atoms. The first-order valence-electron chi connectivity index (χ1n) is 34.5. The lowest BCUT2D eigenvalue weighted by atomic mass is 9.86. The summed E-state index contributed by atoms with van der Waals surface area (Å²) in [6.07, 6.45) is 14.0. The SMILES string of the molecule is CCCCc1ccc2c(c1)c1cc(CCCC)ccc1n2-c1ccc(-c2ccc3c(c2)c2cc(-c4ccc(-n5c6ccc(CCCC)cc6c6cc(CCCC)ccc65)cc4)ccc2n3-c2ccc(-c3c4ccccc4c(-c4ccccc4)c4ccccc34)cc2)cc1. The van der Waals surface area contributed by atoms with Crippen LogP contribution in [0.2, 0.25) is 0 Å². The summed E-state index contributed by atoms with van der Waals surface area (Å²) in [6.45, 7) is 9.14. The van der Waals surface area contributed by atoms with Gasteiger partial charge in [0.1, 0.15) is 0 Å². The predicted octanol–water partition coefficient (Wildman–Crippen LogP) is 25.3. The van der Waals surface area contributed by atoms with E-state index in [0.29, 0.717) is 0 Å². The summed E-state index contributed by atoms with van der Waals surface area (Å²) in [5.41, 5.74) is 26.3. The van der Waals surface area contributed by atoms with Crippen LogP contribution in [-0.2, 0) is 25.7 Å². The van der Waals surface area contributed by atoms with Crippen LogP contribution in [-0.4, -0.2) is 13.7 Å². The third kappa shape index (κ3) is 10.4. The number of benzene rings is 13. The molecule has 13 aromatic carbocycles. The second-order valence-corrected chi connectivity index (χ2v) is 26.1. The normalized spacial score (nSPS) is 12.0. The Hall–Kier alpha value is -10.2. The number of fused-ring (bicyclic) bond motifs is 11. The highest BCUT2D eigenvalue weighted by atomic mass is 15.0. The van der Waals surface area contributed by atoms with Crippen LogP contribution in [0.3, 0.4) is 0 Å². The molecular weight excluding hydrogens is 1120 g/mol. The van der Waals surface area contributed by atoms with Crippen molar-refractivity contribution in [1.29, 1.82) is 0 Å². The van der Waals surface area contributed by atoms with E-state index in [1.54, 1.807) is 0 Å². The van der Waals surface area contributed by atoms with Gasteiger partial charge in [-0.15, -0.1) is 0 Å². The van der Waals surface area contributed by atoms with Crippen LogP contribution in [0.15, 0.2) is 261 Å². The van der Waals surface area contributed by atoms with Crippen molar-refractivity contribution in [1.82, 2.24) is 13.7 Å². The highest BCUT2D eigenvalue weighted by Crippen LogP contribution is 2.46. The molecule has 0 aliphatic carbocycles. The largest absolute Gasteiger partial charge is 0.309 e. The second kappa shape index (κ2) is 24.8. The summed E-state index contributed by atoms with van der Waals surface area (Å²) in [5, 5.41) is 12.9.